The predicted octanol–water partition coefficient (Wildman–Crippen LogP) is 3.41. The fourth-order valence-electron chi connectivity index (χ4n) is 2.23. The van der Waals surface area contributed by atoms with Gasteiger partial charge in [0.05, 0.1) is 6.54 Å². The van der Waals surface area contributed by atoms with Gasteiger partial charge in [-0.05, 0) is 42.7 Å². The van der Waals surface area contributed by atoms with Crippen LogP contribution in [0.2, 0.25) is 0 Å². The minimum Gasteiger partial charge on any atom is -0.333 e. The number of amides is 2. The molecule has 124 valence electrons. The zero-order chi connectivity index (χ0) is 17.5. The van der Waals surface area contributed by atoms with Gasteiger partial charge in [0.1, 0.15) is 0 Å². The first-order chi connectivity index (χ1) is 11.5. The third-order valence-electron chi connectivity index (χ3n) is 3.85. The average molecular weight is 322 g/mol. The molecular formula is C20H22N2O2. The molecule has 0 aromatic heterocycles. The molecule has 0 heterocycles. The monoisotopic (exact) mass is 322 g/mol. The van der Waals surface area contributed by atoms with Gasteiger partial charge < -0.3 is 10.2 Å². The lowest BCUT2D eigenvalue weighted by Crippen LogP contribution is -2.34. The van der Waals surface area contributed by atoms with Crippen LogP contribution in [0.3, 0.4) is 0 Å². The number of nitrogens with one attached hydrogen (secondary N) is 1. The second-order valence-electron chi connectivity index (χ2n) is 5.73. The van der Waals surface area contributed by atoms with E-state index in [1.165, 1.54) is 11.0 Å². The van der Waals surface area contributed by atoms with Crippen LogP contribution in [0.5, 0.6) is 0 Å². The Kier molecular flexibility index (Phi) is 5.90. The molecule has 2 amide bonds. The highest BCUT2D eigenvalue weighted by molar-refractivity contribution is 5.98. The molecule has 1 N–H and O–H groups in total. The summed E-state index contributed by atoms with van der Waals surface area (Å²) in [5, 5.41) is 2.85. The number of aryl methyl sites for hydroxylation is 1. The van der Waals surface area contributed by atoms with Crippen molar-refractivity contribution < 1.29 is 9.59 Å². The van der Waals surface area contributed by atoms with E-state index in [9.17, 15) is 9.59 Å². The maximum absolute atomic E-state index is 12.1. The summed E-state index contributed by atoms with van der Waals surface area (Å²) in [5.74, 6) is -0.428. The first-order valence-corrected chi connectivity index (χ1v) is 7.81. The van der Waals surface area contributed by atoms with Crippen LogP contribution in [0.4, 0.5) is 5.69 Å². The van der Waals surface area contributed by atoms with E-state index in [0.29, 0.717) is 0 Å². The zero-order valence-corrected chi connectivity index (χ0v) is 14.2. The molecule has 2 rings (SSSR count). The van der Waals surface area contributed by atoms with Crippen LogP contribution in [-0.2, 0) is 9.59 Å². The molecule has 0 fully saturated rings. The molecule has 4 nitrogen and oxygen atoms in total. The minimum atomic E-state index is -0.215. The van der Waals surface area contributed by atoms with Crippen molar-refractivity contribution in [3.63, 3.8) is 0 Å². The quantitative estimate of drug-likeness (QED) is 0.858. The van der Waals surface area contributed by atoms with E-state index >= 15 is 0 Å². The zero-order valence-electron chi connectivity index (χ0n) is 14.2. The fourth-order valence-corrected chi connectivity index (χ4v) is 2.23. The standard InChI is InChI=1S/C20H22N2O2/c1-15-8-7-11-18(16(15)2)21-19(23)14-22(3)20(24)13-12-17-9-5-4-6-10-17/h4-13H,14H2,1-3H3,(H,21,23). The molecule has 0 saturated carbocycles. The second-order valence-corrected chi connectivity index (χ2v) is 5.73. The van der Waals surface area contributed by atoms with Gasteiger partial charge in [0.25, 0.3) is 0 Å². The van der Waals surface area contributed by atoms with Crippen LogP contribution in [0.15, 0.2) is 54.6 Å². The summed E-state index contributed by atoms with van der Waals surface area (Å²) >= 11 is 0. The Bertz CT molecular complexity index is 751. The normalized spacial score (nSPS) is 10.6. The van der Waals surface area contributed by atoms with Crippen LogP contribution in [0.1, 0.15) is 16.7 Å². The Hall–Kier alpha value is -2.88. The fraction of sp³-hybridized carbons (Fsp3) is 0.200. The summed E-state index contributed by atoms with van der Waals surface area (Å²) in [6.45, 7) is 3.96. The third kappa shape index (κ3) is 4.81. The lowest BCUT2D eigenvalue weighted by atomic mass is 10.1. The lowest BCUT2D eigenvalue weighted by molar-refractivity contribution is -0.129. The number of carbonyl (C=O) groups is 2. The summed E-state index contributed by atoms with van der Waals surface area (Å²) in [4.78, 5) is 25.6. The van der Waals surface area contributed by atoms with Gasteiger partial charge in [-0.2, -0.15) is 0 Å². The first-order valence-electron chi connectivity index (χ1n) is 7.81. The van der Waals surface area contributed by atoms with E-state index in [1.807, 2.05) is 62.4 Å². The first kappa shape index (κ1) is 17.5. The van der Waals surface area contributed by atoms with Gasteiger partial charge in [-0.3, -0.25) is 9.59 Å². The van der Waals surface area contributed by atoms with E-state index in [-0.39, 0.29) is 18.4 Å². The van der Waals surface area contributed by atoms with Crippen molar-refractivity contribution >= 4 is 23.6 Å². The van der Waals surface area contributed by atoms with E-state index in [4.69, 9.17) is 0 Å². The number of likely N-dealkylation sites (N-methyl/N-ethyl adjacent to an activating group) is 1. The molecule has 0 aliphatic rings. The summed E-state index contributed by atoms with van der Waals surface area (Å²) < 4.78 is 0. The molecule has 0 aliphatic carbocycles. The molecule has 0 bridgehead atoms. The molecular weight excluding hydrogens is 300 g/mol. The van der Waals surface area contributed by atoms with Crippen molar-refractivity contribution in [2.24, 2.45) is 0 Å². The van der Waals surface area contributed by atoms with Crippen molar-refractivity contribution in [2.75, 3.05) is 18.9 Å². The SMILES string of the molecule is Cc1cccc(NC(=O)CN(C)C(=O)C=Cc2ccccc2)c1C. The molecule has 0 saturated heterocycles. The van der Waals surface area contributed by atoms with Crippen LogP contribution in [0, 0.1) is 13.8 Å². The molecule has 4 heteroatoms. The van der Waals surface area contributed by atoms with E-state index in [1.54, 1.807) is 13.1 Å². The van der Waals surface area contributed by atoms with Gasteiger partial charge in [-0.25, -0.2) is 0 Å². The molecule has 24 heavy (non-hydrogen) atoms. The predicted molar refractivity (Wildman–Crippen MR) is 97.7 cm³/mol. The van der Waals surface area contributed by atoms with E-state index in [2.05, 4.69) is 5.32 Å². The third-order valence-corrected chi connectivity index (χ3v) is 3.85. The number of rotatable bonds is 5. The van der Waals surface area contributed by atoms with Gasteiger partial charge in [0, 0.05) is 18.8 Å². The van der Waals surface area contributed by atoms with E-state index in [0.717, 1.165) is 22.4 Å². The minimum absolute atomic E-state index is 0.00530. The highest BCUT2D eigenvalue weighted by Gasteiger charge is 2.12. The Morgan fingerprint density at radius 1 is 1.04 bits per heavy atom. The number of nitrogens with zero attached hydrogens (tertiary/aromatic N) is 1. The summed E-state index contributed by atoms with van der Waals surface area (Å²) in [6, 6.07) is 15.3. The maximum Gasteiger partial charge on any atom is 0.246 e. The Balaban J connectivity index is 1.92. The van der Waals surface area contributed by atoms with Gasteiger partial charge >= 0.3 is 0 Å². The summed E-state index contributed by atoms with van der Waals surface area (Å²) in [5.41, 5.74) is 3.87. The maximum atomic E-state index is 12.1. The highest BCUT2D eigenvalue weighted by atomic mass is 16.2. The Labute approximate surface area is 142 Å². The molecule has 0 radical (unpaired) electrons. The molecule has 2 aromatic rings. The van der Waals surface area contributed by atoms with Crippen molar-refractivity contribution in [1.29, 1.82) is 0 Å². The van der Waals surface area contributed by atoms with Crippen LogP contribution >= 0.6 is 0 Å². The lowest BCUT2D eigenvalue weighted by Gasteiger charge is -2.16. The number of carbonyl (C=O) groups excluding carboxylic acids is 2. The van der Waals surface area contributed by atoms with Gasteiger partial charge in [-0.15, -0.1) is 0 Å². The van der Waals surface area contributed by atoms with Crippen LogP contribution < -0.4 is 5.32 Å². The number of hydrogen-bond acceptors (Lipinski definition) is 2. The molecule has 2 aromatic carbocycles. The summed E-state index contributed by atoms with van der Waals surface area (Å²) in [7, 11) is 1.61. The van der Waals surface area contributed by atoms with Crippen molar-refractivity contribution in [1.82, 2.24) is 4.90 Å². The van der Waals surface area contributed by atoms with Crippen molar-refractivity contribution in [3.05, 3.63) is 71.3 Å². The Morgan fingerprint density at radius 3 is 2.46 bits per heavy atom. The summed E-state index contributed by atoms with van der Waals surface area (Å²) in [6.07, 6.45) is 3.21. The van der Waals surface area contributed by atoms with Gasteiger partial charge in [0.2, 0.25) is 11.8 Å². The molecule has 0 atom stereocenters. The molecule has 0 aliphatic heterocycles. The number of benzene rings is 2. The van der Waals surface area contributed by atoms with Gasteiger partial charge in [0.15, 0.2) is 0 Å². The molecule has 0 unspecified atom stereocenters. The number of anilines is 1. The van der Waals surface area contributed by atoms with E-state index < -0.39 is 0 Å². The van der Waals surface area contributed by atoms with Gasteiger partial charge in [-0.1, -0.05) is 42.5 Å². The average Bonchev–Trinajstić information content (AvgIpc) is 2.57. The highest BCUT2D eigenvalue weighted by Crippen LogP contribution is 2.17. The van der Waals surface area contributed by atoms with Crippen molar-refractivity contribution in [3.8, 4) is 0 Å². The number of hydrogen-bond donors (Lipinski definition) is 1. The largest absolute Gasteiger partial charge is 0.333 e. The van der Waals surface area contributed by atoms with Crippen molar-refractivity contribution in [2.45, 2.75) is 13.8 Å². The van der Waals surface area contributed by atoms with Crippen LogP contribution in [0.25, 0.3) is 6.08 Å². The second kappa shape index (κ2) is 8.11. The van der Waals surface area contributed by atoms with Crippen LogP contribution in [-0.4, -0.2) is 30.3 Å². The Morgan fingerprint density at radius 2 is 1.75 bits per heavy atom. The topological polar surface area (TPSA) is 49.4 Å². The smallest absolute Gasteiger partial charge is 0.246 e. The molecule has 0 spiro atoms.